The highest BCUT2D eigenvalue weighted by Crippen LogP contribution is 2.20. The minimum absolute atomic E-state index is 0.202. The fourth-order valence-electron chi connectivity index (χ4n) is 1.30. The fourth-order valence-corrected chi connectivity index (χ4v) is 2.63. The number of benzene rings is 1. The van der Waals surface area contributed by atoms with Crippen LogP contribution in [0.25, 0.3) is 0 Å². The molecule has 0 saturated carbocycles. The zero-order chi connectivity index (χ0) is 14.0. The van der Waals surface area contributed by atoms with Crippen molar-refractivity contribution in [1.82, 2.24) is 4.72 Å². The predicted octanol–water partition coefficient (Wildman–Crippen LogP) is 1.19. The summed E-state index contributed by atoms with van der Waals surface area (Å²) in [5.74, 6) is 0. The third-order valence-electron chi connectivity index (χ3n) is 1.87. The quantitative estimate of drug-likeness (QED) is 0.715. The van der Waals surface area contributed by atoms with E-state index in [2.05, 4.69) is 9.44 Å². The molecule has 0 heterocycles. The van der Waals surface area contributed by atoms with Crippen molar-refractivity contribution in [2.75, 3.05) is 10.5 Å². The molecule has 7 heteroatoms. The van der Waals surface area contributed by atoms with Gasteiger partial charge in [0, 0.05) is 5.54 Å². The van der Waals surface area contributed by atoms with Crippen LogP contribution in [0.1, 0.15) is 26.3 Å². The van der Waals surface area contributed by atoms with Gasteiger partial charge in [-0.2, -0.15) is 18.4 Å². The Labute approximate surface area is 107 Å². The molecule has 0 aliphatic rings. The molecule has 0 aromatic heterocycles. The number of nitrogens with zero attached hydrogens (tertiary/aromatic N) is 1. The number of hydrogen-bond donors (Lipinski definition) is 3. The summed E-state index contributed by atoms with van der Waals surface area (Å²) in [5, 5.41) is 8.68. The molecule has 0 unspecified atom stereocenters. The van der Waals surface area contributed by atoms with Gasteiger partial charge >= 0.3 is 0 Å². The van der Waals surface area contributed by atoms with E-state index in [1.165, 1.54) is 18.2 Å². The number of anilines is 2. The van der Waals surface area contributed by atoms with Crippen LogP contribution < -0.4 is 15.2 Å². The molecule has 0 atom stereocenters. The first kappa shape index (κ1) is 14.3. The maximum Gasteiger partial charge on any atom is 0.299 e. The average Bonchev–Trinajstić information content (AvgIpc) is 2.17. The number of nitriles is 1. The summed E-state index contributed by atoms with van der Waals surface area (Å²) in [6, 6.07) is 6.28. The van der Waals surface area contributed by atoms with E-state index in [9.17, 15) is 8.42 Å². The Morgan fingerprint density at radius 2 is 1.94 bits per heavy atom. The van der Waals surface area contributed by atoms with Gasteiger partial charge in [0.05, 0.1) is 23.0 Å². The van der Waals surface area contributed by atoms with Crippen molar-refractivity contribution in [3.05, 3.63) is 23.8 Å². The average molecular weight is 268 g/mol. The van der Waals surface area contributed by atoms with Crippen LogP contribution in [0.5, 0.6) is 0 Å². The lowest BCUT2D eigenvalue weighted by Gasteiger charge is -2.21. The van der Waals surface area contributed by atoms with E-state index in [1.807, 2.05) is 6.07 Å². The highest BCUT2D eigenvalue weighted by Gasteiger charge is 2.20. The van der Waals surface area contributed by atoms with E-state index in [-0.39, 0.29) is 11.4 Å². The Bertz CT molecular complexity index is 582. The van der Waals surface area contributed by atoms with Gasteiger partial charge in [-0.25, -0.2) is 0 Å². The largest absolute Gasteiger partial charge is 0.397 e. The highest BCUT2D eigenvalue weighted by molar-refractivity contribution is 7.90. The number of hydrogen-bond acceptors (Lipinski definition) is 4. The molecular formula is C11H16N4O2S. The lowest BCUT2D eigenvalue weighted by molar-refractivity contribution is 0.494. The molecule has 0 fully saturated rings. The summed E-state index contributed by atoms with van der Waals surface area (Å²) in [6.07, 6.45) is 0. The van der Waals surface area contributed by atoms with Gasteiger partial charge in [0.1, 0.15) is 0 Å². The van der Waals surface area contributed by atoms with Gasteiger partial charge < -0.3 is 5.73 Å². The summed E-state index contributed by atoms with van der Waals surface area (Å²) in [6.45, 7) is 5.19. The predicted molar refractivity (Wildman–Crippen MR) is 71.0 cm³/mol. The van der Waals surface area contributed by atoms with E-state index in [4.69, 9.17) is 11.0 Å². The molecule has 18 heavy (non-hydrogen) atoms. The van der Waals surface area contributed by atoms with Crippen molar-refractivity contribution in [2.45, 2.75) is 26.3 Å². The first-order valence-corrected chi connectivity index (χ1v) is 6.73. The van der Waals surface area contributed by atoms with Gasteiger partial charge in [-0.1, -0.05) is 0 Å². The van der Waals surface area contributed by atoms with Crippen LogP contribution in [0, 0.1) is 11.3 Å². The lowest BCUT2D eigenvalue weighted by Crippen LogP contribution is -2.43. The van der Waals surface area contributed by atoms with Gasteiger partial charge in [-0.15, -0.1) is 0 Å². The lowest BCUT2D eigenvalue weighted by atomic mass is 10.1. The zero-order valence-electron chi connectivity index (χ0n) is 10.5. The molecule has 0 radical (unpaired) electrons. The maximum atomic E-state index is 11.8. The van der Waals surface area contributed by atoms with Crippen molar-refractivity contribution in [3.63, 3.8) is 0 Å². The zero-order valence-corrected chi connectivity index (χ0v) is 11.3. The van der Waals surface area contributed by atoms with Crippen LogP contribution in [0.3, 0.4) is 0 Å². The summed E-state index contributed by atoms with van der Waals surface area (Å²) >= 11 is 0. The first-order chi connectivity index (χ1) is 8.13. The molecule has 0 aliphatic carbocycles. The molecule has 1 aromatic carbocycles. The van der Waals surface area contributed by atoms with Crippen LogP contribution in [0.4, 0.5) is 11.4 Å². The van der Waals surface area contributed by atoms with Crippen LogP contribution in [-0.2, 0) is 10.2 Å². The smallest absolute Gasteiger partial charge is 0.299 e. The Morgan fingerprint density at radius 1 is 1.33 bits per heavy atom. The highest BCUT2D eigenvalue weighted by atomic mass is 32.2. The molecule has 6 nitrogen and oxygen atoms in total. The molecule has 0 spiro atoms. The molecule has 0 saturated heterocycles. The van der Waals surface area contributed by atoms with Gasteiger partial charge in [-0.05, 0) is 39.0 Å². The van der Waals surface area contributed by atoms with Crippen LogP contribution >= 0.6 is 0 Å². The number of nitrogens with one attached hydrogen (secondary N) is 2. The summed E-state index contributed by atoms with van der Waals surface area (Å²) < 4.78 is 28.3. The Kier molecular flexibility index (Phi) is 3.84. The second kappa shape index (κ2) is 4.84. The van der Waals surface area contributed by atoms with E-state index < -0.39 is 15.7 Å². The summed E-state index contributed by atoms with van der Waals surface area (Å²) in [5.41, 5.74) is 5.89. The first-order valence-electron chi connectivity index (χ1n) is 5.24. The van der Waals surface area contributed by atoms with Crippen LogP contribution in [0.2, 0.25) is 0 Å². The van der Waals surface area contributed by atoms with Crippen molar-refractivity contribution in [3.8, 4) is 6.07 Å². The minimum Gasteiger partial charge on any atom is -0.397 e. The molecule has 1 rings (SSSR count). The molecule has 98 valence electrons. The van der Waals surface area contributed by atoms with Gasteiger partial charge in [0.15, 0.2) is 0 Å². The van der Waals surface area contributed by atoms with Crippen molar-refractivity contribution < 1.29 is 8.42 Å². The van der Waals surface area contributed by atoms with Gasteiger partial charge in [-0.3, -0.25) is 4.72 Å². The SMILES string of the molecule is CC(C)(C)NS(=O)(=O)Nc1ccc(C#N)cc1N. The van der Waals surface area contributed by atoms with E-state index >= 15 is 0 Å². The topological polar surface area (TPSA) is 108 Å². The van der Waals surface area contributed by atoms with E-state index in [0.29, 0.717) is 5.56 Å². The summed E-state index contributed by atoms with van der Waals surface area (Å²) in [4.78, 5) is 0. The van der Waals surface area contributed by atoms with Gasteiger partial charge in [0.2, 0.25) is 0 Å². The summed E-state index contributed by atoms with van der Waals surface area (Å²) in [7, 11) is -3.70. The fraction of sp³-hybridized carbons (Fsp3) is 0.364. The maximum absolute atomic E-state index is 11.8. The Morgan fingerprint density at radius 3 is 2.39 bits per heavy atom. The Balaban J connectivity index is 2.96. The normalized spacial score (nSPS) is 11.9. The number of nitrogens with two attached hydrogens (primary N) is 1. The molecule has 0 aliphatic heterocycles. The minimum atomic E-state index is -3.70. The standard InChI is InChI=1S/C11H16N4O2S/c1-11(2,3)15-18(16,17)14-10-5-4-8(7-12)6-9(10)13/h4-6,14-15H,13H2,1-3H3. The molecule has 0 amide bonds. The third-order valence-corrected chi connectivity index (χ3v) is 3.24. The second-order valence-corrected chi connectivity index (χ2v) is 6.29. The molecule has 0 bridgehead atoms. The third kappa shape index (κ3) is 4.24. The molecular weight excluding hydrogens is 252 g/mol. The van der Waals surface area contributed by atoms with Crippen LogP contribution in [-0.4, -0.2) is 14.0 Å². The number of nitrogen functional groups attached to an aromatic ring is 1. The van der Waals surface area contributed by atoms with Crippen molar-refractivity contribution in [1.29, 1.82) is 5.26 Å². The second-order valence-electron chi connectivity index (χ2n) is 4.87. The monoisotopic (exact) mass is 268 g/mol. The Hall–Kier alpha value is -1.78. The molecule has 4 N–H and O–H groups in total. The van der Waals surface area contributed by atoms with E-state index in [1.54, 1.807) is 20.8 Å². The van der Waals surface area contributed by atoms with Crippen LogP contribution in [0.15, 0.2) is 18.2 Å². The van der Waals surface area contributed by atoms with Crippen molar-refractivity contribution in [2.24, 2.45) is 0 Å². The van der Waals surface area contributed by atoms with Crippen molar-refractivity contribution >= 4 is 21.6 Å². The number of rotatable bonds is 3. The van der Waals surface area contributed by atoms with E-state index in [0.717, 1.165) is 0 Å². The van der Waals surface area contributed by atoms with Gasteiger partial charge in [0.25, 0.3) is 10.2 Å². The molecule has 1 aromatic rings.